The molecule has 0 saturated carbocycles. The molecule has 0 spiro atoms. The first-order valence-corrected chi connectivity index (χ1v) is 6.30. The van der Waals surface area contributed by atoms with Crippen molar-refractivity contribution < 1.29 is 9.53 Å². The van der Waals surface area contributed by atoms with Gasteiger partial charge in [-0.25, -0.2) is 0 Å². The lowest BCUT2D eigenvalue weighted by Gasteiger charge is -2.21. The van der Waals surface area contributed by atoms with Gasteiger partial charge in [0, 0.05) is 6.42 Å². The molecule has 15 heavy (non-hydrogen) atoms. The summed E-state index contributed by atoms with van der Waals surface area (Å²) in [5.41, 5.74) is -0.174. The van der Waals surface area contributed by atoms with Crippen molar-refractivity contribution in [3.8, 4) is 0 Å². The summed E-state index contributed by atoms with van der Waals surface area (Å²) in [5, 5.41) is 0. The van der Waals surface area contributed by atoms with Gasteiger partial charge in [0.2, 0.25) is 0 Å². The highest BCUT2D eigenvalue weighted by Gasteiger charge is 2.47. The van der Waals surface area contributed by atoms with Crippen LogP contribution in [0.25, 0.3) is 0 Å². The Bertz CT molecular complexity index is 219. The van der Waals surface area contributed by atoms with E-state index in [1.54, 1.807) is 0 Å². The molecular weight excluding hydrogens is 188 g/mol. The van der Waals surface area contributed by atoms with E-state index >= 15 is 0 Å². The Kier molecular flexibility index (Phi) is 4.18. The number of ether oxygens (including phenoxy) is 1. The summed E-state index contributed by atoms with van der Waals surface area (Å²) >= 11 is 0. The third-order valence-electron chi connectivity index (χ3n) is 4.02. The van der Waals surface area contributed by atoms with Crippen LogP contribution in [0.2, 0.25) is 0 Å². The number of hydrogen-bond donors (Lipinski definition) is 0. The summed E-state index contributed by atoms with van der Waals surface area (Å²) in [7, 11) is 0. The van der Waals surface area contributed by atoms with Gasteiger partial charge in [-0.2, -0.15) is 0 Å². The lowest BCUT2D eigenvalue weighted by Crippen LogP contribution is -2.24. The predicted molar refractivity (Wildman–Crippen MR) is 61.6 cm³/mol. The van der Waals surface area contributed by atoms with Crippen molar-refractivity contribution in [1.29, 1.82) is 0 Å². The van der Waals surface area contributed by atoms with Crippen LogP contribution in [0.1, 0.15) is 59.8 Å². The predicted octanol–water partition coefficient (Wildman–Crippen LogP) is 3.54. The number of carbonyl (C=O) groups is 1. The lowest BCUT2D eigenvalue weighted by atomic mass is 9.77. The average molecular weight is 212 g/mol. The standard InChI is InChI=1S/C13H24O2/c1-5-8-10(4)11-9-13(6-2,7-3)12(14)15-11/h10-11H,5-9H2,1-4H3/t10?,11-/m1/s1. The van der Waals surface area contributed by atoms with Gasteiger partial charge in [-0.15, -0.1) is 0 Å². The molecule has 1 unspecified atom stereocenters. The van der Waals surface area contributed by atoms with E-state index in [0.29, 0.717) is 5.92 Å². The summed E-state index contributed by atoms with van der Waals surface area (Å²) in [6, 6.07) is 0. The highest BCUT2D eigenvalue weighted by atomic mass is 16.6. The van der Waals surface area contributed by atoms with E-state index < -0.39 is 0 Å². The molecule has 0 aromatic heterocycles. The van der Waals surface area contributed by atoms with Crippen LogP contribution in [0, 0.1) is 11.3 Å². The number of esters is 1. The maximum Gasteiger partial charge on any atom is 0.312 e. The molecule has 0 amide bonds. The first-order valence-electron chi connectivity index (χ1n) is 6.30. The Morgan fingerprint density at radius 2 is 2.00 bits per heavy atom. The third kappa shape index (κ3) is 2.35. The van der Waals surface area contributed by atoms with Crippen molar-refractivity contribution in [2.75, 3.05) is 0 Å². The second-order valence-electron chi connectivity index (χ2n) is 4.90. The van der Waals surface area contributed by atoms with E-state index in [2.05, 4.69) is 27.7 Å². The molecule has 2 heteroatoms. The Morgan fingerprint density at radius 3 is 2.40 bits per heavy atom. The molecule has 2 atom stereocenters. The number of hydrogen-bond acceptors (Lipinski definition) is 2. The summed E-state index contributed by atoms with van der Waals surface area (Å²) < 4.78 is 5.53. The minimum Gasteiger partial charge on any atom is -0.462 e. The SMILES string of the molecule is CCCC(C)[C@H]1CC(CC)(CC)C(=O)O1. The second-order valence-corrected chi connectivity index (χ2v) is 4.90. The highest BCUT2D eigenvalue weighted by molar-refractivity contribution is 5.79. The first kappa shape index (κ1) is 12.5. The van der Waals surface area contributed by atoms with Gasteiger partial charge in [0.15, 0.2) is 0 Å². The fourth-order valence-corrected chi connectivity index (χ4v) is 2.56. The molecule has 1 heterocycles. The zero-order chi connectivity index (χ0) is 11.5. The fraction of sp³-hybridized carbons (Fsp3) is 0.923. The van der Waals surface area contributed by atoms with E-state index in [9.17, 15) is 4.79 Å². The van der Waals surface area contributed by atoms with Crippen LogP contribution >= 0.6 is 0 Å². The summed E-state index contributed by atoms with van der Waals surface area (Å²) in [4.78, 5) is 11.9. The van der Waals surface area contributed by atoms with Crippen LogP contribution in [0.4, 0.5) is 0 Å². The quantitative estimate of drug-likeness (QED) is 0.651. The van der Waals surface area contributed by atoms with Crippen LogP contribution in [0.15, 0.2) is 0 Å². The van der Waals surface area contributed by atoms with E-state index in [1.165, 1.54) is 6.42 Å². The molecule has 1 aliphatic heterocycles. The third-order valence-corrected chi connectivity index (χ3v) is 4.02. The minimum absolute atomic E-state index is 0.0421. The van der Waals surface area contributed by atoms with Gasteiger partial charge in [-0.3, -0.25) is 4.79 Å². The summed E-state index contributed by atoms with van der Waals surface area (Å²) in [5.74, 6) is 0.555. The van der Waals surface area contributed by atoms with Crippen LogP contribution in [-0.4, -0.2) is 12.1 Å². The maximum atomic E-state index is 11.9. The smallest absolute Gasteiger partial charge is 0.312 e. The Labute approximate surface area is 93.4 Å². The molecule has 1 fully saturated rings. The molecule has 0 aromatic carbocycles. The molecule has 1 aliphatic rings. The van der Waals surface area contributed by atoms with E-state index in [-0.39, 0.29) is 17.5 Å². The lowest BCUT2D eigenvalue weighted by molar-refractivity contribution is -0.150. The average Bonchev–Trinajstić information content (AvgIpc) is 2.57. The van der Waals surface area contributed by atoms with Crippen LogP contribution in [-0.2, 0) is 9.53 Å². The molecule has 0 aromatic rings. The van der Waals surface area contributed by atoms with Gasteiger partial charge >= 0.3 is 5.97 Å². The Balaban J connectivity index is 2.66. The Hall–Kier alpha value is -0.530. The normalized spacial score (nSPS) is 26.4. The van der Waals surface area contributed by atoms with Gasteiger partial charge in [0.1, 0.15) is 6.10 Å². The van der Waals surface area contributed by atoms with E-state index in [0.717, 1.165) is 25.7 Å². The van der Waals surface area contributed by atoms with Crippen LogP contribution in [0.5, 0.6) is 0 Å². The summed E-state index contributed by atoms with van der Waals surface area (Å²) in [6.07, 6.45) is 5.24. The topological polar surface area (TPSA) is 26.3 Å². The molecule has 1 saturated heterocycles. The van der Waals surface area contributed by atoms with Gasteiger partial charge < -0.3 is 4.74 Å². The van der Waals surface area contributed by atoms with E-state index in [4.69, 9.17) is 4.74 Å². The van der Waals surface area contributed by atoms with Crippen LogP contribution in [0.3, 0.4) is 0 Å². The number of cyclic esters (lactones) is 1. The van der Waals surface area contributed by atoms with Crippen molar-refractivity contribution in [3.05, 3.63) is 0 Å². The summed E-state index contributed by atoms with van der Waals surface area (Å²) in [6.45, 7) is 8.57. The second kappa shape index (κ2) is 5.00. The zero-order valence-corrected chi connectivity index (χ0v) is 10.5. The van der Waals surface area contributed by atoms with Crippen molar-refractivity contribution in [2.45, 2.75) is 65.9 Å². The first-order chi connectivity index (χ1) is 7.09. The van der Waals surface area contributed by atoms with Gasteiger partial charge in [0.25, 0.3) is 0 Å². The van der Waals surface area contributed by atoms with Crippen LogP contribution < -0.4 is 0 Å². The minimum atomic E-state index is -0.174. The fourth-order valence-electron chi connectivity index (χ4n) is 2.56. The van der Waals surface area contributed by atoms with Crippen molar-refractivity contribution in [3.63, 3.8) is 0 Å². The zero-order valence-electron chi connectivity index (χ0n) is 10.5. The van der Waals surface area contributed by atoms with E-state index in [1.807, 2.05) is 0 Å². The van der Waals surface area contributed by atoms with Gasteiger partial charge in [-0.1, -0.05) is 34.1 Å². The molecule has 1 rings (SSSR count). The number of rotatable bonds is 5. The molecule has 2 nitrogen and oxygen atoms in total. The molecule has 0 N–H and O–H groups in total. The largest absolute Gasteiger partial charge is 0.462 e. The van der Waals surface area contributed by atoms with Crippen molar-refractivity contribution in [1.82, 2.24) is 0 Å². The molecule has 0 bridgehead atoms. The Morgan fingerprint density at radius 1 is 1.40 bits per heavy atom. The maximum absolute atomic E-state index is 11.9. The van der Waals surface area contributed by atoms with Gasteiger partial charge in [0.05, 0.1) is 5.41 Å². The van der Waals surface area contributed by atoms with Gasteiger partial charge in [-0.05, 0) is 25.2 Å². The monoisotopic (exact) mass is 212 g/mol. The number of carbonyl (C=O) groups excluding carboxylic acids is 1. The molecule has 0 radical (unpaired) electrons. The highest BCUT2D eigenvalue weighted by Crippen LogP contribution is 2.42. The van der Waals surface area contributed by atoms with Crippen molar-refractivity contribution >= 4 is 5.97 Å². The van der Waals surface area contributed by atoms with Crippen molar-refractivity contribution in [2.24, 2.45) is 11.3 Å². The molecule has 0 aliphatic carbocycles. The molecular formula is C13H24O2. The molecule has 88 valence electrons.